The quantitative estimate of drug-likeness (QED) is 0.655. The summed E-state index contributed by atoms with van der Waals surface area (Å²) < 4.78 is 0. The highest BCUT2D eigenvalue weighted by molar-refractivity contribution is 5.62. The molecular formula is C19H26N2. The molecule has 0 N–H and O–H groups in total. The number of allylic oxidation sites excluding steroid dienone is 1. The third-order valence-electron chi connectivity index (χ3n) is 4.21. The Labute approximate surface area is 128 Å². The zero-order valence-corrected chi connectivity index (χ0v) is 13.5. The van der Waals surface area contributed by atoms with Crippen molar-refractivity contribution in [2.24, 2.45) is 9.98 Å². The van der Waals surface area contributed by atoms with Crippen LogP contribution in [0.4, 0.5) is 0 Å². The van der Waals surface area contributed by atoms with Crippen LogP contribution in [0.15, 0.2) is 40.8 Å². The minimum atomic E-state index is -0.302. The Hall–Kier alpha value is -1.66. The summed E-state index contributed by atoms with van der Waals surface area (Å²) in [7, 11) is 0. The molecule has 2 nitrogen and oxygen atoms in total. The topological polar surface area (TPSA) is 24.7 Å². The third kappa shape index (κ3) is 4.41. The van der Waals surface area contributed by atoms with E-state index in [-0.39, 0.29) is 5.54 Å². The highest BCUT2D eigenvalue weighted by Crippen LogP contribution is 2.27. The lowest BCUT2D eigenvalue weighted by atomic mass is 9.92. The predicted molar refractivity (Wildman–Crippen MR) is 90.9 cm³/mol. The molecule has 21 heavy (non-hydrogen) atoms. The van der Waals surface area contributed by atoms with E-state index in [0.29, 0.717) is 6.04 Å². The van der Waals surface area contributed by atoms with E-state index in [1.165, 1.54) is 43.2 Å². The van der Waals surface area contributed by atoms with Crippen molar-refractivity contribution < 1.29 is 0 Å². The van der Waals surface area contributed by atoms with E-state index in [9.17, 15) is 0 Å². The molecule has 0 radical (unpaired) electrons. The molecule has 112 valence electrons. The minimum absolute atomic E-state index is 0.302. The molecule has 1 fully saturated rings. The minimum Gasteiger partial charge on any atom is -0.222 e. The van der Waals surface area contributed by atoms with Gasteiger partial charge in [0, 0.05) is 0 Å². The number of hydrogen-bond acceptors (Lipinski definition) is 2. The summed E-state index contributed by atoms with van der Waals surface area (Å²) in [6.45, 7) is 10.2. The summed E-state index contributed by atoms with van der Waals surface area (Å²) in [5.41, 5.74) is 3.12. The Morgan fingerprint density at radius 2 is 1.95 bits per heavy atom. The number of benzene rings is 1. The zero-order valence-electron chi connectivity index (χ0n) is 13.5. The van der Waals surface area contributed by atoms with Crippen LogP contribution < -0.4 is 0 Å². The largest absolute Gasteiger partial charge is 0.222 e. The first-order chi connectivity index (χ1) is 9.99. The first kappa shape index (κ1) is 15.7. The van der Waals surface area contributed by atoms with Crippen LogP contribution in [0.1, 0.15) is 64.0 Å². The molecule has 0 amide bonds. The van der Waals surface area contributed by atoms with Crippen molar-refractivity contribution in [2.75, 3.05) is 0 Å². The molecule has 0 saturated heterocycles. The fourth-order valence-electron chi connectivity index (χ4n) is 2.68. The second-order valence-electron chi connectivity index (χ2n) is 6.55. The molecule has 2 heteroatoms. The number of aliphatic imine (C=N–C) groups is 2. The van der Waals surface area contributed by atoms with Gasteiger partial charge in [-0.05, 0) is 50.8 Å². The molecule has 1 aliphatic carbocycles. The van der Waals surface area contributed by atoms with Gasteiger partial charge < -0.3 is 0 Å². The molecule has 1 aliphatic rings. The molecule has 0 spiro atoms. The van der Waals surface area contributed by atoms with Crippen LogP contribution in [0.3, 0.4) is 0 Å². The molecule has 0 aliphatic heterocycles. The SMILES string of the molecule is C=C(C)c1cccc(C(C)(C)N=C=NC2CCCCC2)c1. The van der Waals surface area contributed by atoms with Gasteiger partial charge >= 0.3 is 0 Å². The third-order valence-corrected chi connectivity index (χ3v) is 4.21. The number of hydrogen-bond donors (Lipinski definition) is 0. The number of nitrogens with zero attached hydrogens (tertiary/aromatic N) is 2. The van der Waals surface area contributed by atoms with Crippen molar-refractivity contribution in [2.45, 2.75) is 64.5 Å². The van der Waals surface area contributed by atoms with Gasteiger partial charge in [0.05, 0.1) is 17.6 Å². The van der Waals surface area contributed by atoms with Crippen molar-refractivity contribution in [1.29, 1.82) is 0 Å². The average molecular weight is 282 g/mol. The van der Waals surface area contributed by atoms with Gasteiger partial charge in [-0.25, -0.2) is 9.98 Å². The summed E-state index contributed by atoms with van der Waals surface area (Å²) >= 11 is 0. The normalized spacial score (nSPS) is 16.1. The van der Waals surface area contributed by atoms with Crippen LogP contribution in [0.5, 0.6) is 0 Å². The zero-order chi connectivity index (χ0) is 15.3. The molecule has 0 bridgehead atoms. The lowest BCUT2D eigenvalue weighted by molar-refractivity contribution is 0.444. The van der Waals surface area contributed by atoms with E-state index in [4.69, 9.17) is 0 Å². The van der Waals surface area contributed by atoms with Crippen LogP contribution in [-0.4, -0.2) is 12.1 Å². The van der Waals surface area contributed by atoms with E-state index in [1.54, 1.807) is 0 Å². The van der Waals surface area contributed by atoms with Crippen molar-refractivity contribution in [3.8, 4) is 0 Å². The van der Waals surface area contributed by atoms with E-state index >= 15 is 0 Å². The second kappa shape index (κ2) is 6.87. The molecule has 1 saturated carbocycles. The van der Waals surface area contributed by atoms with Gasteiger partial charge in [0.1, 0.15) is 0 Å². The molecule has 0 heterocycles. The van der Waals surface area contributed by atoms with E-state index in [0.717, 1.165) is 5.57 Å². The van der Waals surface area contributed by atoms with Crippen LogP contribution in [0.2, 0.25) is 0 Å². The molecule has 2 rings (SSSR count). The van der Waals surface area contributed by atoms with Crippen LogP contribution >= 0.6 is 0 Å². The fraction of sp³-hybridized carbons (Fsp3) is 0.526. The van der Waals surface area contributed by atoms with Crippen molar-refractivity contribution in [3.63, 3.8) is 0 Å². The van der Waals surface area contributed by atoms with Gasteiger partial charge in [-0.1, -0.05) is 49.6 Å². The van der Waals surface area contributed by atoms with Gasteiger partial charge in [0.2, 0.25) is 0 Å². The molecule has 0 aromatic heterocycles. The van der Waals surface area contributed by atoms with E-state index < -0.39 is 0 Å². The Kier molecular flexibility index (Phi) is 5.14. The van der Waals surface area contributed by atoms with Gasteiger partial charge in [-0.15, -0.1) is 0 Å². The lowest BCUT2D eigenvalue weighted by Gasteiger charge is -2.20. The molecule has 0 atom stereocenters. The molecular weight excluding hydrogens is 256 g/mol. The van der Waals surface area contributed by atoms with E-state index in [2.05, 4.69) is 60.7 Å². The second-order valence-corrected chi connectivity index (χ2v) is 6.55. The average Bonchev–Trinajstić information content (AvgIpc) is 2.48. The van der Waals surface area contributed by atoms with Crippen LogP contribution in [0, 0.1) is 0 Å². The Balaban J connectivity index is 2.15. The smallest absolute Gasteiger partial charge is 0.0910 e. The predicted octanol–water partition coefficient (Wildman–Crippen LogP) is 5.46. The maximum absolute atomic E-state index is 4.57. The first-order valence-corrected chi connectivity index (χ1v) is 7.92. The Morgan fingerprint density at radius 1 is 1.24 bits per heavy atom. The van der Waals surface area contributed by atoms with Gasteiger partial charge in [0.25, 0.3) is 0 Å². The summed E-state index contributed by atoms with van der Waals surface area (Å²) in [5.74, 6) is 0. The maximum atomic E-state index is 4.57. The highest BCUT2D eigenvalue weighted by Gasteiger charge is 2.19. The van der Waals surface area contributed by atoms with Crippen LogP contribution in [0.25, 0.3) is 5.57 Å². The monoisotopic (exact) mass is 282 g/mol. The highest BCUT2D eigenvalue weighted by atomic mass is 14.9. The molecule has 0 unspecified atom stereocenters. The summed E-state index contributed by atoms with van der Waals surface area (Å²) in [5, 5.41) is 0. The summed E-state index contributed by atoms with van der Waals surface area (Å²) in [6.07, 6.45) is 6.31. The standard InChI is InChI=1S/C19H26N2/c1-15(2)16-9-8-10-17(13-16)19(3,4)21-14-20-18-11-6-5-7-12-18/h8-10,13,18H,1,5-7,11-12H2,2-4H3. The summed E-state index contributed by atoms with van der Waals surface area (Å²) in [6, 6.07) is 11.8. The van der Waals surface area contributed by atoms with Crippen molar-refractivity contribution in [3.05, 3.63) is 42.0 Å². The first-order valence-electron chi connectivity index (χ1n) is 7.92. The molecule has 1 aromatic carbocycles. The Morgan fingerprint density at radius 3 is 2.62 bits per heavy atom. The summed E-state index contributed by atoms with van der Waals surface area (Å²) in [4.78, 5) is 9.09. The van der Waals surface area contributed by atoms with Crippen molar-refractivity contribution in [1.82, 2.24) is 0 Å². The molecule has 1 aromatic rings. The van der Waals surface area contributed by atoms with Gasteiger partial charge in [-0.3, -0.25) is 0 Å². The fourth-order valence-corrected chi connectivity index (χ4v) is 2.68. The van der Waals surface area contributed by atoms with Gasteiger partial charge in [0.15, 0.2) is 0 Å². The Bertz CT molecular complexity index is 557. The van der Waals surface area contributed by atoms with E-state index in [1.807, 2.05) is 6.92 Å². The van der Waals surface area contributed by atoms with Crippen molar-refractivity contribution >= 4 is 11.6 Å². The maximum Gasteiger partial charge on any atom is 0.0910 e. The van der Waals surface area contributed by atoms with Gasteiger partial charge in [-0.2, -0.15) is 0 Å². The van der Waals surface area contributed by atoms with Crippen LogP contribution in [-0.2, 0) is 5.54 Å². The lowest BCUT2D eigenvalue weighted by Crippen LogP contribution is -2.14. The number of rotatable bonds is 4.